The molecule has 1 N–H and O–H groups in total. The second-order valence-corrected chi connectivity index (χ2v) is 7.42. The minimum absolute atomic E-state index is 0.242. The average Bonchev–Trinajstić information content (AvgIpc) is 2.72. The summed E-state index contributed by atoms with van der Waals surface area (Å²) >= 11 is 0. The van der Waals surface area contributed by atoms with Crippen molar-refractivity contribution in [2.75, 3.05) is 38.8 Å². The Morgan fingerprint density at radius 2 is 1.86 bits per heavy atom. The van der Waals surface area contributed by atoms with Crippen molar-refractivity contribution in [2.24, 2.45) is 0 Å². The Morgan fingerprint density at radius 3 is 2.54 bits per heavy atom. The van der Waals surface area contributed by atoms with E-state index in [2.05, 4.69) is 29.3 Å². The summed E-state index contributed by atoms with van der Waals surface area (Å²) in [5, 5.41) is 3.45. The molecule has 0 radical (unpaired) electrons. The highest BCUT2D eigenvalue weighted by Gasteiger charge is 2.31. The van der Waals surface area contributed by atoms with E-state index >= 15 is 0 Å². The van der Waals surface area contributed by atoms with Crippen LogP contribution in [0.1, 0.15) is 24.0 Å². The molecule has 2 heterocycles. The van der Waals surface area contributed by atoms with Gasteiger partial charge in [-0.1, -0.05) is 6.07 Å². The van der Waals surface area contributed by atoms with Crippen molar-refractivity contribution in [2.45, 2.75) is 25.3 Å². The van der Waals surface area contributed by atoms with Crippen LogP contribution in [0.4, 0.5) is 5.69 Å². The van der Waals surface area contributed by atoms with E-state index in [-0.39, 0.29) is 11.9 Å². The third-order valence-electron chi connectivity index (χ3n) is 5.48. The van der Waals surface area contributed by atoms with Crippen molar-refractivity contribution in [1.82, 2.24) is 5.32 Å². The molecular formula is C22H26N2O4. The van der Waals surface area contributed by atoms with Crippen LogP contribution >= 0.6 is 0 Å². The molecule has 1 fully saturated rings. The lowest BCUT2D eigenvalue weighted by Gasteiger charge is -2.34. The number of anilines is 1. The molecule has 0 amide bonds. The number of piperazine rings is 1. The number of rotatable bonds is 4. The Hall–Kier alpha value is -2.73. The number of methoxy groups -OCH3 is 2. The minimum atomic E-state index is -0.374. The first kappa shape index (κ1) is 18.6. The molecular weight excluding hydrogens is 356 g/mol. The van der Waals surface area contributed by atoms with E-state index in [4.69, 9.17) is 14.2 Å². The third kappa shape index (κ3) is 3.64. The lowest BCUT2D eigenvalue weighted by atomic mass is 9.89. The normalized spacial score (nSPS) is 21.7. The Morgan fingerprint density at radius 1 is 1.11 bits per heavy atom. The zero-order valence-corrected chi connectivity index (χ0v) is 16.5. The first-order chi connectivity index (χ1) is 13.6. The van der Waals surface area contributed by atoms with Crippen LogP contribution in [-0.2, 0) is 11.2 Å². The van der Waals surface area contributed by atoms with Crippen LogP contribution in [0.3, 0.4) is 0 Å². The number of hydrogen-bond acceptors (Lipinski definition) is 6. The van der Waals surface area contributed by atoms with Crippen LogP contribution in [0.25, 0.3) is 0 Å². The SMILES string of the molecule is COc1cc(OC)cc(C2Cc3ccc(N4CCN[C@@H](C)C4)cc3OC2=O)c1. The maximum Gasteiger partial charge on any atom is 0.319 e. The number of carbonyl (C=O) groups is 1. The van der Waals surface area contributed by atoms with E-state index in [0.717, 1.165) is 36.4 Å². The Balaban J connectivity index is 1.60. The summed E-state index contributed by atoms with van der Waals surface area (Å²) in [5.74, 6) is 1.38. The molecule has 6 nitrogen and oxygen atoms in total. The van der Waals surface area contributed by atoms with Gasteiger partial charge in [0.05, 0.1) is 20.1 Å². The number of ether oxygens (including phenoxy) is 3. The largest absolute Gasteiger partial charge is 0.497 e. The molecule has 28 heavy (non-hydrogen) atoms. The molecule has 2 aliphatic heterocycles. The Bertz CT molecular complexity index is 861. The van der Waals surface area contributed by atoms with Crippen LogP contribution in [-0.4, -0.2) is 45.9 Å². The Labute approximate surface area is 165 Å². The monoisotopic (exact) mass is 382 g/mol. The second-order valence-electron chi connectivity index (χ2n) is 7.42. The van der Waals surface area contributed by atoms with Crippen molar-refractivity contribution in [3.8, 4) is 17.2 Å². The van der Waals surface area contributed by atoms with Crippen LogP contribution in [0, 0.1) is 0 Å². The highest BCUT2D eigenvalue weighted by atomic mass is 16.5. The molecule has 2 aromatic rings. The number of hydrogen-bond donors (Lipinski definition) is 1. The molecule has 2 aromatic carbocycles. The smallest absolute Gasteiger partial charge is 0.319 e. The van der Waals surface area contributed by atoms with Crippen LogP contribution < -0.4 is 24.4 Å². The third-order valence-corrected chi connectivity index (χ3v) is 5.48. The summed E-state index contributed by atoms with van der Waals surface area (Å²) in [4.78, 5) is 15.1. The molecule has 1 saturated heterocycles. The van der Waals surface area contributed by atoms with Crippen molar-refractivity contribution in [1.29, 1.82) is 0 Å². The summed E-state index contributed by atoms with van der Waals surface area (Å²) in [6.45, 7) is 5.03. The van der Waals surface area contributed by atoms with E-state index in [1.54, 1.807) is 20.3 Å². The Kier molecular flexibility index (Phi) is 5.13. The van der Waals surface area contributed by atoms with Gasteiger partial charge in [0.15, 0.2) is 0 Å². The number of nitrogens with one attached hydrogen (secondary N) is 1. The lowest BCUT2D eigenvalue weighted by molar-refractivity contribution is -0.137. The number of benzene rings is 2. The standard InChI is InChI=1S/C22H26N2O4/c1-14-13-24(7-6-23-14)17-5-4-15-10-20(22(25)28-21(15)11-17)16-8-18(26-2)12-19(9-16)27-3/h4-5,8-9,11-12,14,20,23H,6-7,10,13H2,1-3H3/t14-,20?/m0/s1. The quantitative estimate of drug-likeness (QED) is 0.648. The van der Waals surface area contributed by atoms with Gasteiger partial charge in [0.25, 0.3) is 0 Å². The van der Waals surface area contributed by atoms with Gasteiger partial charge >= 0.3 is 5.97 Å². The van der Waals surface area contributed by atoms with Crippen LogP contribution in [0.2, 0.25) is 0 Å². The predicted octanol–water partition coefficient (Wildman–Crippen LogP) is 2.75. The molecule has 0 saturated carbocycles. The van der Waals surface area contributed by atoms with Gasteiger partial charge in [-0.25, -0.2) is 0 Å². The number of nitrogens with zero attached hydrogens (tertiary/aromatic N) is 1. The second kappa shape index (κ2) is 7.72. The first-order valence-electron chi connectivity index (χ1n) is 9.63. The molecule has 0 aliphatic carbocycles. The molecule has 0 bridgehead atoms. The molecule has 4 rings (SSSR count). The van der Waals surface area contributed by atoms with Crippen LogP contribution in [0.15, 0.2) is 36.4 Å². The van der Waals surface area contributed by atoms with Gasteiger partial charge in [0.1, 0.15) is 17.2 Å². The van der Waals surface area contributed by atoms with Crippen molar-refractivity contribution in [3.63, 3.8) is 0 Å². The summed E-state index contributed by atoms with van der Waals surface area (Å²) in [6, 6.07) is 12.2. The van der Waals surface area contributed by atoms with Crippen molar-refractivity contribution >= 4 is 11.7 Å². The molecule has 148 valence electrons. The molecule has 2 aliphatic rings. The van der Waals surface area contributed by atoms with Gasteiger partial charge in [0, 0.05) is 43.5 Å². The van der Waals surface area contributed by atoms with E-state index in [0.29, 0.717) is 29.7 Å². The molecule has 6 heteroatoms. The average molecular weight is 382 g/mol. The zero-order chi connectivity index (χ0) is 19.7. The topological polar surface area (TPSA) is 60.0 Å². The van der Waals surface area contributed by atoms with Gasteiger partial charge in [-0.05, 0) is 42.7 Å². The molecule has 2 atom stereocenters. The van der Waals surface area contributed by atoms with Gasteiger partial charge in [-0.15, -0.1) is 0 Å². The molecule has 1 unspecified atom stereocenters. The first-order valence-corrected chi connectivity index (χ1v) is 9.63. The lowest BCUT2D eigenvalue weighted by Crippen LogP contribution is -2.49. The van der Waals surface area contributed by atoms with E-state index < -0.39 is 0 Å². The van der Waals surface area contributed by atoms with Gasteiger partial charge in [0.2, 0.25) is 0 Å². The highest BCUT2D eigenvalue weighted by Crippen LogP contribution is 2.38. The summed E-state index contributed by atoms with van der Waals surface area (Å²) in [5.41, 5.74) is 2.98. The van der Waals surface area contributed by atoms with Crippen molar-refractivity contribution < 1.29 is 19.0 Å². The summed E-state index contributed by atoms with van der Waals surface area (Å²) in [6.07, 6.45) is 0.600. The number of carbonyl (C=O) groups excluding carboxylic acids is 1. The summed E-state index contributed by atoms with van der Waals surface area (Å²) < 4.78 is 16.4. The van der Waals surface area contributed by atoms with Gasteiger partial charge < -0.3 is 24.4 Å². The fourth-order valence-corrected chi connectivity index (χ4v) is 3.94. The van der Waals surface area contributed by atoms with Gasteiger partial charge in [-0.2, -0.15) is 0 Å². The molecule has 0 spiro atoms. The predicted molar refractivity (Wildman–Crippen MR) is 108 cm³/mol. The fourth-order valence-electron chi connectivity index (χ4n) is 3.94. The zero-order valence-electron chi connectivity index (χ0n) is 16.5. The number of esters is 1. The fraction of sp³-hybridized carbons (Fsp3) is 0.409. The van der Waals surface area contributed by atoms with Gasteiger partial charge in [-0.3, -0.25) is 4.79 Å². The maximum atomic E-state index is 12.8. The maximum absolute atomic E-state index is 12.8. The number of fused-ring (bicyclic) bond motifs is 1. The summed E-state index contributed by atoms with van der Waals surface area (Å²) in [7, 11) is 3.21. The van der Waals surface area contributed by atoms with E-state index in [1.807, 2.05) is 18.2 Å². The van der Waals surface area contributed by atoms with E-state index in [1.165, 1.54) is 0 Å². The van der Waals surface area contributed by atoms with Crippen molar-refractivity contribution in [3.05, 3.63) is 47.5 Å². The highest BCUT2D eigenvalue weighted by molar-refractivity contribution is 5.84. The van der Waals surface area contributed by atoms with E-state index in [9.17, 15) is 4.79 Å². The molecule has 0 aromatic heterocycles. The minimum Gasteiger partial charge on any atom is -0.497 e. The van der Waals surface area contributed by atoms with Crippen LogP contribution in [0.5, 0.6) is 17.2 Å².